The highest BCUT2D eigenvalue weighted by molar-refractivity contribution is 7.99. The summed E-state index contributed by atoms with van der Waals surface area (Å²) in [6, 6.07) is 9.81. The van der Waals surface area contributed by atoms with Crippen molar-refractivity contribution in [2.75, 3.05) is 11.5 Å². The van der Waals surface area contributed by atoms with E-state index in [4.69, 9.17) is 0 Å². The van der Waals surface area contributed by atoms with Gasteiger partial charge in [0.15, 0.2) is 0 Å². The summed E-state index contributed by atoms with van der Waals surface area (Å²) in [5.74, 6) is 0.543. The van der Waals surface area contributed by atoms with Crippen LogP contribution in [0.25, 0.3) is 0 Å². The van der Waals surface area contributed by atoms with Crippen LogP contribution >= 0.6 is 11.8 Å². The molecule has 0 spiro atoms. The predicted molar refractivity (Wildman–Crippen MR) is 84.5 cm³/mol. The lowest BCUT2D eigenvalue weighted by Crippen LogP contribution is -2.56. The van der Waals surface area contributed by atoms with Gasteiger partial charge in [-0.25, -0.2) is 4.79 Å². The second kappa shape index (κ2) is 6.98. The van der Waals surface area contributed by atoms with E-state index in [1.807, 2.05) is 37.3 Å². The van der Waals surface area contributed by atoms with Gasteiger partial charge in [-0.15, -0.1) is 0 Å². The number of aliphatic carboxylic acids is 1. The molecule has 21 heavy (non-hydrogen) atoms. The van der Waals surface area contributed by atoms with Crippen molar-refractivity contribution in [1.82, 2.24) is 5.32 Å². The van der Waals surface area contributed by atoms with E-state index in [0.29, 0.717) is 19.3 Å². The van der Waals surface area contributed by atoms with Crippen molar-refractivity contribution in [2.45, 2.75) is 37.6 Å². The summed E-state index contributed by atoms with van der Waals surface area (Å²) in [7, 11) is 0. The van der Waals surface area contributed by atoms with Crippen LogP contribution in [0, 0.1) is 0 Å². The molecule has 1 amide bonds. The van der Waals surface area contributed by atoms with Gasteiger partial charge in [-0.1, -0.05) is 37.3 Å². The third-order valence-corrected chi connectivity index (χ3v) is 4.98. The highest BCUT2D eigenvalue weighted by atomic mass is 32.2. The molecule has 2 rings (SSSR count). The fraction of sp³-hybridized carbons (Fsp3) is 0.500. The fourth-order valence-corrected chi connectivity index (χ4v) is 3.80. The van der Waals surface area contributed by atoms with E-state index >= 15 is 0 Å². The van der Waals surface area contributed by atoms with Gasteiger partial charge in [-0.3, -0.25) is 4.79 Å². The van der Waals surface area contributed by atoms with Gasteiger partial charge < -0.3 is 10.4 Å². The summed E-state index contributed by atoms with van der Waals surface area (Å²) >= 11 is 1.74. The minimum absolute atomic E-state index is 0.0787. The maximum Gasteiger partial charge on any atom is 0.329 e. The standard InChI is InChI=1S/C16H21NO3S/c1-12(13-5-3-2-4-6-13)11-14(18)17-16(15(19)20)7-9-21-10-8-16/h2-6,12H,7-11H2,1H3,(H,17,18)(H,19,20). The lowest BCUT2D eigenvalue weighted by Gasteiger charge is -2.34. The van der Waals surface area contributed by atoms with E-state index in [0.717, 1.165) is 17.1 Å². The maximum absolute atomic E-state index is 12.2. The van der Waals surface area contributed by atoms with Crippen LogP contribution in [0.5, 0.6) is 0 Å². The number of benzene rings is 1. The minimum Gasteiger partial charge on any atom is -0.480 e. The number of carbonyl (C=O) groups is 2. The van der Waals surface area contributed by atoms with Crippen LogP contribution in [-0.2, 0) is 9.59 Å². The largest absolute Gasteiger partial charge is 0.480 e. The number of carboxylic acid groups (broad SMARTS) is 1. The summed E-state index contributed by atoms with van der Waals surface area (Å²) in [6.45, 7) is 1.99. The molecule has 1 heterocycles. The van der Waals surface area contributed by atoms with E-state index in [2.05, 4.69) is 5.32 Å². The van der Waals surface area contributed by atoms with Crippen LogP contribution in [0.1, 0.15) is 37.7 Å². The van der Waals surface area contributed by atoms with Gasteiger partial charge in [0.25, 0.3) is 0 Å². The number of nitrogens with one attached hydrogen (secondary N) is 1. The third-order valence-electron chi connectivity index (χ3n) is 3.99. The van der Waals surface area contributed by atoms with Gasteiger partial charge >= 0.3 is 5.97 Å². The van der Waals surface area contributed by atoms with Crippen molar-refractivity contribution in [3.63, 3.8) is 0 Å². The van der Waals surface area contributed by atoms with Gasteiger partial charge in [-0.05, 0) is 35.8 Å². The summed E-state index contributed by atoms with van der Waals surface area (Å²) < 4.78 is 0. The van der Waals surface area contributed by atoms with E-state index in [1.165, 1.54) is 0 Å². The molecule has 5 heteroatoms. The van der Waals surface area contributed by atoms with Gasteiger partial charge in [-0.2, -0.15) is 11.8 Å². The van der Waals surface area contributed by atoms with Gasteiger partial charge in [0.2, 0.25) is 5.91 Å². The zero-order chi connectivity index (χ0) is 15.3. The van der Waals surface area contributed by atoms with Crippen LogP contribution in [0.15, 0.2) is 30.3 Å². The smallest absolute Gasteiger partial charge is 0.329 e. The highest BCUT2D eigenvalue weighted by Crippen LogP contribution is 2.28. The number of hydrogen-bond donors (Lipinski definition) is 2. The molecule has 0 bridgehead atoms. The molecule has 1 aromatic carbocycles. The normalized spacial score (nSPS) is 18.7. The monoisotopic (exact) mass is 307 g/mol. The average Bonchev–Trinajstić information content (AvgIpc) is 2.48. The zero-order valence-corrected chi connectivity index (χ0v) is 13.0. The van der Waals surface area contributed by atoms with Crippen molar-refractivity contribution in [3.8, 4) is 0 Å². The molecule has 0 aromatic heterocycles. The quantitative estimate of drug-likeness (QED) is 0.877. The Morgan fingerprint density at radius 3 is 2.48 bits per heavy atom. The lowest BCUT2D eigenvalue weighted by molar-refractivity contribution is -0.148. The van der Waals surface area contributed by atoms with Crippen LogP contribution < -0.4 is 5.32 Å². The van der Waals surface area contributed by atoms with Crippen LogP contribution in [0.2, 0.25) is 0 Å². The first-order chi connectivity index (χ1) is 10.0. The molecule has 0 saturated carbocycles. The van der Waals surface area contributed by atoms with E-state index in [-0.39, 0.29) is 11.8 Å². The number of hydrogen-bond acceptors (Lipinski definition) is 3. The molecule has 1 unspecified atom stereocenters. The molecule has 114 valence electrons. The zero-order valence-electron chi connectivity index (χ0n) is 12.2. The summed E-state index contributed by atoms with van der Waals surface area (Å²) in [6.07, 6.45) is 1.31. The van der Waals surface area contributed by atoms with Crippen LogP contribution in [0.4, 0.5) is 0 Å². The summed E-state index contributed by atoms with van der Waals surface area (Å²) in [4.78, 5) is 23.8. The molecule has 0 radical (unpaired) electrons. The average molecular weight is 307 g/mol. The summed E-state index contributed by atoms with van der Waals surface area (Å²) in [5, 5.41) is 12.2. The minimum atomic E-state index is -1.07. The molecular weight excluding hydrogens is 286 g/mol. The van der Waals surface area contributed by atoms with Crippen LogP contribution in [0.3, 0.4) is 0 Å². The first-order valence-electron chi connectivity index (χ1n) is 7.20. The number of carboxylic acids is 1. The Balaban J connectivity index is 1.98. The number of carbonyl (C=O) groups excluding carboxylic acids is 1. The highest BCUT2D eigenvalue weighted by Gasteiger charge is 2.41. The Morgan fingerprint density at radius 1 is 1.29 bits per heavy atom. The Hall–Kier alpha value is -1.49. The van der Waals surface area contributed by atoms with Crippen LogP contribution in [-0.4, -0.2) is 34.0 Å². The molecule has 1 aliphatic rings. The second-order valence-electron chi connectivity index (χ2n) is 5.56. The van der Waals surface area contributed by atoms with Gasteiger partial charge in [0, 0.05) is 6.42 Å². The van der Waals surface area contributed by atoms with E-state index in [1.54, 1.807) is 11.8 Å². The number of amides is 1. The fourth-order valence-electron chi connectivity index (χ4n) is 2.61. The van der Waals surface area contributed by atoms with Crippen molar-refractivity contribution >= 4 is 23.6 Å². The SMILES string of the molecule is CC(CC(=O)NC1(C(=O)O)CCSCC1)c1ccccc1. The first kappa shape index (κ1) is 15.9. The molecule has 1 aliphatic heterocycles. The van der Waals surface area contributed by atoms with E-state index < -0.39 is 11.5 Å². The summed E-state index contributed by atoms with van der Waals surface area (Å²) in [5.41, 5.74) is 0.0230. The van der Waals surface area contributed by atoms with Crippen molar-refractivity contribution in [3.05, 3.63) is 35.9 Å². The third kappa shape index (κ3) is 4.00. The molecule has 0 aliphatic carbocycles. The molecule has 1 aromatic rings. The molecule has 1 saturated heterocycles. The number of thioether (sulfide) groups is 1. The lowest BCUT2D eigenvalue weighted by atomic mass is 9.91. The Labute approximate surface area is 129 Å². The topological polar surface area (TPSA) is 66.4 Å². The van der Waals surface area contributed by atoms with Gasteiger partial charge in [0.1, 0.15) is 5.54 Å². The molecule has 4 nitrogen and oxygen atoms in total. The van der Waals surface area contributed by atoms with E-state index in [9.17, 15) is 14.7 Å². The number of rotatable bonds is 5. The Bertz CT molecular complexity index is 498. The first-order valence-corrected chi connectivity index (χ1v) is 8.36. The van der Waals surface area contributed by atoms with Crippen molar-refractivity contribution in [2.24, 2.45) is 0 Å². The predicted octanol–water partition coefficient (Wildman–Crippen LogP) is 2.65. The van der Waals surface area contributed by atoms with Gasteiger partial charge in [0.05, 0.1) is 0 Å². The second-order valence-corrected chi connectivity index (χ2v) is 6.79. The molecule has 1 fully saturated rings. The molecular formula is C16H21NO3S. The van der Waals surface area contributed by atoms with Crippen molar-refractivity contribution < 1.29 is 14.7 Å². The Kier molecular flexibility index (Phi) is 5.28. The maximum atomic E-state index is 12.2. The Morgan fingerprint density at radius 2 is 1.90 bits per heavy atom. The molecule has 2 N–H and O–H groups in total. The molecule has 1 atom stereocenters. The van der Waals surface area contributed by atoms with Crippen molar-refractivity contribution in [1.29, 1.82) is 0 Å².